The number of carbonyl (C=O) groups is 1. The van der Waals surface area contributed by atoms with Crippen molar-refractivity contribution in [1.82, 2.24) is 14.9 Å². The number of amides is 1. The zero-order chi connectivity index (χ0) is 22.5. The molecule has 1 N–H and O–H groups in total. The average molecular weight is 450 g/mol. The number of carbonyl (C=O) groups excluding carboxylic acids is 1. The van der Waals surface area contributed by atoms with Crippen LogP contribution in [0.25, 0.3) is 0 Å². The van der Waals surface area contributed by atoms with E-state index in [1.54, 1.807) is 30.5 Å². The van der Waals surface area contributed by atoms with Crippen LogP contribution in [-0.2, 0) is 13.0 Å². The number of nitrogens with zero attached hydrogens (tertiary/aromatic N) is 3. The molecule has 166 valence electrons. The fraction of sp³-hybridized carbons (Fsp3) is 0.346. The summed E-state index contributed by atoms with van der Waals surface area (Å²) in [6, 6.07) is 15.4. The second-order valence-electron chi connectivity index (χ2n) is 8.70. The predicted molar refractivity (Wildman–Crippen MR) is 125 cm³/mol. The van der Waals surface area contributed by atoms with E-state index in [1.165, 1.54) is 5.56 Å². The highest BCUT2D eigenvalue weighted by molar-refractivity contribution is 6.30. The van der Waals surface area contributed by atoms with Crippen molar-refractivity contribution >= 4 is 17.5 Å². The van der Waals surface area contributed by atoms with Gasteiger partial charge in [0.15, 0.2) is 0 Å². The third-order valence-electron chi connectivity index (χ3n) is 6.31. The first kappa shape index (κ1) is 22.4. The third-order valence-corrected chi connectivity index (χ3v) is 6.54. The molecule has 1 saturated carbocycles. The maximum atomic E-state index is 12.7. The van der Waals surface area contributed by atoms with Crippen molar-refractivity contribution in [2.75, 3.05) is 7.05 Å². The lowest BCUT2D eigenvalue weighted by Crippen LogP contribution is -2.26. The molecule has 32 heavy (non-hydrogen) atoms. The SMILES string of the molecule is CN(Cc1cnccn1)C(=O)c1ccc(C[C@@H]2CC[C@H]([C@H](O)c3cccc(Cl)c3)C2)cc1. The number of hydrogen-bond acceptors (Lipinski definition) is 4. The molecule has 0 radical (unpaired) electrons. The second kappa shape index (κ2) is 10.2. The molecule has 0 saturated heterocycles. The molecule has 1 amide bonds. The van der Waals surface area contributed by atoms with Crippen LogP contribution < -0.4 is 0 Å². The van der Waals surface area contributed by atoms with E-state index in [1.807, 2.05) is 48.5 Å². The van der Waals surface area contributed by atoms with Crippen molar-refractivity contribution in [3.8, 4) is 0 Å². The Kier molecular flexibility index (Phi) is 7.18. The van der Waals surface area contributed by atoms with Crippen LogP contribution in [-0.4, -0.2) is 32.9 Å². The fourth-order valence-corrected chi connectivity index (χ4v) is 4.81. The van der Waals surface area contributed by atoms with Crippen LogP contribution in [0.2, 0.25) is 5.02 Å². The number of halogens is 1. The lowest BCUT2D eigenvalue weighted by Gasteiger charge is -2.19. The molecule has 2 aromatic carbocycles. The Morgan fingerprint density at radius 1 is 1.19 bits per heavy atom. The van der Waals surface area contributed by atoms with Gasteiger partial charge in [0.05, 0.1) is 24.5 Å². The molecule has 3 aromatic rings. The van der Waals surface area contributed by atoms with Crippen LogP contribution in [0.15, 0.2) is 67.1 Å². The van der Waals surface area contributed by atoms with Gasteiger partial charge in [0.2, 0.25) is 0 Å². The molecule has 3 atom stereocenters. The molecule has 1 aliphatic carbocycles. The molecule has 1 aliphatic rings. The summed E-state index contributed by atoms with van der Waals surface area (Å²) in [4.78, 5) is 22.6. The van der Waals surface area contributed by atoms with Gasteiger partial charge in [0.25, 0.3) is 5.91 Å². The zero-order valence-electron chi connectivity index (χ0n) is 18.2. The zero-order valence-corrected chi connectivity index (χ0v) is 18.9. The highest BCUT2D eigenvalue weighted by Gasteiger charge is 2.30. The maximum absolute atomic E-state index is 12.7. The van der Waals surface area contributed by atoms with Gasteiger partial charge in [0, 0.05) is 30.0 Å². The monoisotopic (exact) mass is 449 g/mol. The van der Waals surface area contributed by atoms with E-state index in [4.69, 9.17) is 11.6 Å². The van der Waals surface area contributed by atoms with Crippen molar-refractivity contribution in [2.45, 2.75) is 38.3 Å². The molecule has 0 unspecified atom stereocenters. The number of hydrogen-bond donors (Lipinski definition) is 1. The first-order chi connectivity index (χ1) is 15.5. The van der Waals surface area contributed by atoms with Gasteiger partial charge in [-0.15, -0.1) is 0 Å². The minimum Gasteiger partial charge on any atom is -0.388 e. The topological polar surface area (TPSA) is 66.3 Å². The van der Waals surface area contributed by atoms with Crippen LogP contribution in [0.5, 0.6) is 0 Å². The molecule has 1 fully saturated rings. The Morgan fingerprint density at radius 2 is 2.00 bits per heavy atom. The highest BCUT2D eigenvalue weighted by Crippen LogP contribution is 2.40. The normalized spacial score (nSPS) is 19.0. The summed E-state index contributed by atoms with van der Waals surface area (Å²) in [5, 5.41) is 11.4. The van der Waals surface area contributed by atoms with E-state index in [0.29, 0.717) is 23.0 Å². The van der Waals surface area contributed by atoms with Crippen LogP contribution in [0.4, 0.5) is 0 Å². The minimum absolute atomic E-state index is 0.0345. The number of aromatic nitrogens is 2. The van der Waals surface area contributed by atoms with Crippen LogP contribution in [0.1, 0.15) is 52.5 Å². The van der Waals surface area contributed by atoms with E-state index < -0.39 is 6.10 Å². The smallest absolute Gasteiger partial charge is 0.253 e. The first-order valence-corrected chi connectivity index (χ1v) is 11.4. The summed E-state index contributed by atoms with van der Waals surface area (Å²) in [6.07, 6.45) is 8.52. The predicted octanol–water partition coefficient (Wildman–Crippen LogP) is 5.09. The quantitative estimate of drug-likeness (QED) is 0.545. The highest BCUT2D eigenvalue weighted by atomic mass is 35.5. The molecular weight excluding hydrogens is 422 g/mol. The van der Waals surface area contributed by atoms with Crippen molar-refractivity contribution in [2.24, 2.45) is 11.8 Å². The Balaban J connectivity index is 1.31. The van der Waals surface area contributed by atoms with Crippen molar-refractivity contribution in [1.29, 1.82) is 0 Å². The third kappa shape index (κ3) is 5.53. The summed E-state index contributed by atoms with van der Waals surface area (Å²) >= 11 is 6.08. The summed E-state index contributed by atoms with van der Waals surface area (Å²) in [5.41, 5.74) is 3.55. The first-order valence-electron chi connectivity index (χ1n) is 11.0. The van der Waals surface area contributed by atoms with E-state index in [2.05, 4.69) is 9.97 Å². The van der Waals surface area contributed by atoms with Crippen LogP contribution in [0.3, 0.4) is 0 Å². The Hall–Kier alpha value is -2.76. The van der Waals surface area contributed by atoms with Gasteiger partial charge < -0.3 is 10.0 Å². The molecule has 0 spiro atoms. The van der Waals surface area contributed by atoms with Crippen molar-refractivity contribution in [3.63, 3.8) is 0 Å². The van der Waals surface area contributed by atoms with Gasteiger partial charge >= 0.3 is 0 Å². The van der Waals surface area contributed by atoms with Gasteiger partial charge in [-0.3, -0.25) is 14.8 Å². The number of rotatable bonds is 7. The molecule has 6 heteroatoms. The van der Waals surface area contributed by atoms with E-state index >= 15 is 0 Å². The molecule has 1 aromatic heterocycles. The van der Waals surface area contributed by atoms with Gasteiger partial charge in [-0.2, -0.15) is 0 Å². The van der Waals surface area contributed by atoms with Gasteiger partial charge in [-0.05, 0) is 72.9 Å². The largest absolute Gasteiger partial charge is 0.388 e. The van der Waals surface area contributed by atoms with Gasteiger partial charge in [-0.25, -0.2) is 0 Å². The van der Waals surface area contributed by atoms with Gasteiger partial charge in [0.1, 0.15) is 0 Å². The van der Waals surface area contributed by atoms with Crippen LogP contribution in [0, 0.1) is 11.8 Å². The van der Waals surface area contributed by atoms with Crippen molar-refractivity contribution in [3.05, 3.63) is 94.5 Å². The van der Waals surface area contributed by atoms with Gasteiger partial charge in [-0.1, -0.05) is 35.9 Å². The average Bonchev–Trinajstić information content (AvgIpc) is 3.27. The standard InChI is InChI=1S/C26H28ClN3O2/c1-30(17-24-16-28-11-12-29-24)26(32)20-8-5-18(6-9-20)13-19-7-10-22(14-19)25(31)21-3-2-4-23(27)15-21/h2-6,8-9,11-12,15-16,19,22,25,31H,7,10,13-14,17H2,1H3/t19-,22-,25+/m0/s1. The Morgan fingerprint density at radius 3 is 2.72 bits per heavy atom. The van der Waals surface area contributed by atoms with E-state index in [-0.39, 0.29) is 11.8 Å². The number of aliphatic hydroxyl groups excluding tert-OH is 1. The molecule has 4 rings (SSSR count). The summed E-state index contributed by atoms with van der Waals surface area (Å²) in [5.74, 6) is 0.761. The molecule has 0 bridgehead atoms. The van der Waals surface area contributed by atoms with Crippen LogP contribution >= 0.6 is 11.6 Å². The number of aliphatic hydroxyl groups is 1. The second-order valence-corrected chi connectivity index (χ2v) is 9.13. The number of benzene rings is 2. The molecule has 0 aliphatic heterocycles. The summed E-state index contributed by atoms with van der Waals surface area (Å²) in [7, 11) is 1.77. The molecule has 5 nitrogen and oxygen atoms in total. The van der Waals surface area contributed by atoms with E-state index in [0.717, 1.165) is 36.9 Å². The van der Waals surface area contributed by atoms with Crippen molar-refractivity contribution < 1.29 is 9.90 Å². The minimum atomic E-state index is -0.469. The summed E-state index contributed by atoms with van der Waals surface area (Å²) < 4.78 is 0. The maximum Gasteiger partial charge on any atom is 0.253 e. The molecule has 1 heterocycles. The Labute approximate surface area is 194 Å². The summed E-state index contributed by atoms with van der Waals surface area (Å²) in [6.45, 7) is 0.423. The lowest BCUT2D eigenvalue weighted by atomic mass is 9.91. The fourth-order valence-electron chi connectivity index (χ4n) is 4.61. The molecular formula is C26H28ClN3O2. The Bertz CT molecular complexity index is 1040. The van der Waals surface area contributed by atoms with E-state index in [9.17, 15) is 9.90 Å². The lowest BCUT2D eigenvalue weighted by molar-refractivity contribution is 0.0783.